The highest BCUT2D eigenvalue weighted by Gasteiger charge is 2.08. The van der Waals surface area contributed by atoms with Crippen LogP contribution < -0.4 is 5.73 Å². The normalized spacial score (nSPS) is 10.6. The van der Waals surface area contributed by atoms with Gasteiger partial charge in [-0.05, 0) is 11.6 Å². The van der Waals surface area contributed by atoms with E-state index < -0.39 is 0 Å². The van der Waals surface area contributed by atoms with Gasteiger partial charge < -0.3 is 5.73 Å². The van der Waals surface area contributed by atoms with Gasteiger partial charge in [0.2, 0.25) is 5.91 Å². The largest absolute Gasteiger partial charge is 0.369 e. The van der Waals surface area contributed by atoms with Crippen LogP contribution in [-0.2, 0) is 10.5 Å². The molecule has 19 heavy (non-hydrogen) atoms. The topological polar surface area (TPSA) is 68.9 Å². The van der Waals surface area contributed by atoms with Crippen LogP contribution in [0, 0.1) is 5.82 Å². The quantitative estimate of drug-likeness (QED) is 0.830. The summed E-state index contributed by atoms with van der Waals surface area (Å²) in [5.74, 6) is 0.0811. The number of aromatic nitrogens is 2. The number of benzene rings is 1. The molecule has 100 valence electrons. The van der Waals surface area contributed by atoms with E-state index in [1.54, 1.807) is 18.2 Å². The van der Waals surface area contributed by atoms with Crippen molar-refractivity contribution in [2.45, 2.75) is 14.4 Å². The predicted octanol–water partition coefficient (Wildman–Crippen LogP) is 2.55. The van der Waals surface area contributed by atoms with Crippen molar-refractivity contribution >= 4 is 40.8 Å². The molecule has 2 N–H and O–H groups in total. The van der Waals surface area contributed by atoms with Gasteiger partial charge in [0.15, 0.2) is 8.68 Å². The fourth-order valence-electron chi connectivity index (χ4n) is 1.20. The van der Waals surface area contributed by atoms with Crippen molar-refractivity contribution in [2.24, 2.45) is 5.73 Å². The second kappa shape index (κ2) is 6.88. The van der Waals surface area contributed by atoms with Crippen molar-refractivity contribution in [3.05, 3.63) is 35.6 Å². The van der Waals surface area contributed by atoms with Gasteiger partial charge in [0.1, 0.15) is 5.82 Å². The Morgan fingerprint density at radius 3 is 2.63 bits per heavy atom. The Hall–Kier alpha value is -1.12. The predicted molar refractivity (Wildman–Crippen MR) is 75.8 cm³/mol. The van der Waals surface area contributed by atoms with Gasteiger partial charge in [-0.25, -0.2) is 4.39 Å². The summed E-state index contributed by atoms with van der Waals surface area (Å²) in [6.45, 7) is 0. The fourth-order valence-corrected chi connectivity index (χ4v) is 3.95. The molecular formula is C11H10FN3OS3. The molecular weight excluding hydrogens is 305 g/mol. The van der Waals surface area contributed by atoms with Gasteiger partial charge in [0, 0.05) is 5.75 Å². The number of primary amides is 1. The van der Waals surface area contributed by atoms with Crippen LogP contribution in [0.4, 0.5) is 4.39 Å². The number of halogens is 1. The van der Waals surface area contributed by atoms with Crippen molar-refractivity contribution in [1.29, 1.82) is 0 Å². The Kier molecular flexibility index (Phi) is 5.17. The number of carbonyl (C=O) groups excluding carboxylic acids is 1. The molecule has 0 saturated carbocycles. The molecule has 0 bridgehead atoms. The van der Waals surface area contributed by atoms with Gasteiger partial charge in [-0.1, -0.05) is 53.1 Å². The van der Waals surface area contributed by atoms with Gasteiger partial charge in [0.25, 0.3) is 0 Å². The molecule has 0 radical (unpaired) electrons. The number of carbonyl (C=O) groups is 1. The highest BCUT2D eigenvalue weighted by molar-refractivity contribution is 8.03. The van der Waals surface area contributed by atoms with Crippen molar-refractivity contribution in [3.8, 4) is 0 Å². The maximum atomic E-state index is 13.4. The van der Waals surface area contributed by atoms with E-state index >= 15 is 0 Å². The lowest BCUT2D eigenvalue weighted by atomic mass is 10.2. The highest BCUT2D eigenvalue weighted by atomic mass is 32.2. The van der Waals surface area contributed by atoms with Crippen LogP contribution >= 0.6 is 34.9 Å². The van der Waals surface area contributed by atoms with Crippen LogP contribution in [0.15, 0.2) is 32.9 Å². The Bertz CT molecular complexity index is 576. The minimum Gasteiger partial charge on any atom is -0.369 e. The molecule has 2 rings (SSSR count). The number of nitrogens with zero attached hydrogens (tertiary/aromatic N) is 2. The van der Waals surface area contributed by atoms with Crippen LogP contribution in [0.2, 0.25) is 0 Å². The smallest absolute Gasteiger partial charge is 0.227 e. The molecule has 0 aliphatic rings. The fraction of sp³-hybridized carbons (Fsp3) is 0.182. The molecule has 8 heteroatoms. The molecule has 0 aliphatic carbocycles. The Labute approximate surface area is 122 Å². The molecule has 1 heterocycles. The van der Waals surface area contributed by atoms with Crippen LogP contribution in [0.1, 0.15) is 5.56 Å². The van der Waals surface area contributed by atoms with Gasteiger partial charge in [-0.3, -0.25) is 4.79 Å². The first-order chi connectivity index (χ1) is 9.15. The van der Waals surface area contributed by atoms with E-state index in [-0.39, 0.29) is 17.5 Å². The van der Waals surface area contributed by atoms with E-state index in [4.69, 9.17) is 5.73 Å². The van der Waals surface area contributed by atoms with Crippen molar-refractivity contribution < 1.29 is 9.18 Å². The molecule has 1 aromatic carbocycles. The zero-order valence-electron chi connectivity index (χ0n) is 9.71. The molecule has 0 unspecified atom stereocenters. The zero-order chi connectivity index (χ0) is 13.7. The minimum atomic E-state index is -0.388. The average molecular weight is 315 g/mol. The molecule has 0 saturated heterocycles. The minimum absolute atomic E-state index is 0.187. The van der Waals surface area contributed by atoms with E-state index in [0.717, 1.165) is 4.34 Å². The first-order valence-electron chi connectivity index (χ1n) is 5.26. The van der Waals surface area contributed by atoms with Crippen LogP contribution in [-0.4, -0.2) is 21.9 Å². The van der Waals surface area contributed by atoms with E-state index in [0.29, 0.717) is 15.7 Å². The second-order valence-electron chi connectivity index (χ2n) is 3.47. The number of hydrogen-bond donors (Lipinski definition) is 1. The molecule has 0 aliphatic heterocycles. The summed E-state index contributed by atoms with van der Waals surface area (Å²) < 4.78 is 14.8. The average Bonchev–Trinajstić information content (AvgIpc) is 2.83. The maximum absolute atomic E-state index is 13.4. The van der Waals surface area contributed by atoms with E-state index in [2.05, 4.69) is 10.2 Å². The van der Waals surface area contributed by atoms with Crippen molar-refractivity contribution in [2.75, 3.05) is 5.75 Å². The zero-order valence-corrected chi connectivity index (χ0v) is 12.2. The molecule has 4 nitrogen and oxygen atoms in total. The third kappa shape index (κ3) is 4.48. The summed E-state index contributed by atoms with van der Waals surface area (Å²) in [5, 5.41) is 7.91. The summed E-state index contributed by atoms with van der Waals surface area (Å²) >= 11 is 4.05. The summed E-state index contributed by atoms with van der Waals surface area (Å²) in [7, 11) is 0. The standard InChI is InChI=1S/C11H10FN3OS3/c12-8-4-2-1-3-7(8)5-17-10-14-15-11(19-10)18-6-9(13)16/h1-4H,5-6H2,(H2,13,16). The third-order valence-electron chi connectivity index (χ3n) is 2.03. The summed E-state index contributed by atoms with van der Waals surface area (Å²) in [6, 6.07) is 6.64. The maximum Gasteiger partial charge on any atom is 0.227 e. The molecule has 0 fully saturated rings. The van der Waals surface area contributed by atoms with Crippen LogP contribution in [0.3, 0.4) is 0 Å². The number of amides is 1. The number of nitrogens with two attached hydrogens (primary N) is 1. The lowest BCUT2D eigenvalue weighted by molar-refractivity contribution is -0.115. The van der Waals surface area contributed by atoms with E-state index in [1.165, 1.54) is 40.9 Å². The lowest BCUT2D eigenvalue weighted by Gasteiger charge is -1.99. The first kappa shape index (κ1) is 14.3. The van der Waals surface area contributed by atoms with Crippen molar-refractivity contribution in [1.82, 2.24) is 10.2 Å². The van der Waals surface area contributed by atoms with E-state index in [1.807, 2.05) is 0 Å². The number of thioether (sulfide) groups is 2. The number of hydrogen-bond acceptors (Lipinski definition) is 6. The second-order valence-corrected chi connectivity index (χ2v) is 6.89. The third-order valence-corrected chi connectivity index (χ3v) is 5.30. The van der Waals surface area contributed by atoms with Gasteiger partial charge >= 0.3 is 0 Å². The monoisotopic (exact) mass is 315 g/mol. The van der Waals surface area contributed by atoms with Crippen molar-refractivity contribution in [3.63, 3.8) is 0 Å². The van der Waals surface area contributed by atoms with Crippen LogP contribution in [0.5, 0.6) is 0 Å². The number of rotatable bonds is 6. The molecule has 1 aromatic heterocycles. The molecule has 1 amide bonds. The molecule has 2 aromatic rings. The Balaban J connectivity index is 1.90. The SMILES string of the molecule is NC(=O)CSc1nnc(SCc2ccccc2F)s1. The lowest BCUT2D eigenvalue weighted by Crippen LogP contribution is -2.12. The Morgan fingerprint density at radius 1 is 1.26 bits per heavy atom. The van der Waals surface area contributed by atoms with Gasteiger partial charge in [-0.15, -0.1) is 10.2 Å². The van der Waals surface area contributed by atoms with Gasteiger partial charge in [0.05, 0.1) is 5.75 Å². The summed E-state index contributed by atoms with van der Waals surface area (Å²) in [4.78, 5) is 10.6. The first-order valence-corrected chi connectivity index (χ1v) is 8.04. The van der Waals surface area contributed by atoms with Crippen LogP contribution in [0.25, 0.3) is 0 Å². The highest BCUT2D eigenvalue weighted by Crippen LogP contribution is 2.30. The molecule has 0 atom stereocenters. The van der Waals surface area contributed by atoms with Gasteiger partial charge in [-0.2, -0.15) is 0 Å². The van der Waals surface area contributed by atoms with E-state index in [9.17, 15) is 9.18 Å². The Morgan fingerprint density at radius 2 is 1.95 bits per heavy atom. The molecule has 0 spiro atoms. The summed E-state index contributed by atoms with van der Waals surface area (Å²) in [5.41, 5.74) is 5.68. The summed E-state index contributed by atoms with van der Waals surface area (Å²) in [6.07, 6.45) is 0.